The molecule has 0 fully saturated rings. The van der Waals surface area contributed by atoms with Gasteiger partial charge in [0, 0.05) is 17.1 Å². The Balaban J connectivity index is 2.27. The first kappa shape index (κ1) is 13.9. The van der Waals surface area contributed by atoms with Crippen molar-refractivity contribution in [1.29, 1.82) is 0 Å². The molecule has 0 spiro atoms. The summed E-state index contributed by atoms with van der Waals surface area (Å²) in [5, 5.41) is 11.7. The van der Waals surface area contributed by atoms with Crippen LogP contribution in [0.3, 0.4) is 0 Å². The van der Waals surface area contributed by atoms with E-state index in [4.69, 9.17) is 4.74 Å². The van der Waals surface area contributed by atoms with Crippen molar-refractivity contribution in [2.45, 2.75) is 20.0 Å². The molecule has 2 aromatic rings. The molecule has 0 saturated carbocycles. The number of pyridine rings is 1. The molecule has 0 radical (unpaired) electrons. The molecule has 0 N–H and O–H groups in total. The Morgan fingerprint density at radius 2 is 2.21 bits per heavy atom. The number of hydrogen-bond donors (Lipinski definition) is 0. The highest BCUT2D eigenvalue weighted by Crippen LogP contribution is 2.32. The molecule has 1 unspecified atom stereocenters. The lowest BCUT2D eigenvalue weighted by Gasteiger charge is -2.11. The minimum atomic E-state index is -0.568. The molecular weight excluding hydrogens is 334 g/mol. The predicted molar refractivity (Wildman–Crippen MR) is 74.5 cm³/mol. The van der Waals surface area contributed by atoms with E-state index in [-0.39, 0.29) is 17.7 Å². The number of aromatic nitrogens is 2. The van der Waals surface area contributed by atoms with Crippen molar-refractivity contribution in [1.82, 2.24) is 9.97 Å². The highest BCUT2D eigenvalue weighted by atomic mass is 79.9. The zero-order valence-electron chi connectivity index (χ0n) is 10.2. The van der Waals surface area contributed by atoms with E-state index in [1.54, 1.807) is 13.1 Å². The van der Waals surface area contributed by atoms with Gasteiger partial charge in [0.25, 0.3) is 0 Å². The number of hydrogen-bond acceptors (Lipinski definition) is 6. The third-order valence-electron chi connectivity index (χ3n) is 2.26. The fraction of sp³-hybridized carbons (Fsp3) is 0.273. The van der Waals surface area contributed by atoms with Crippen LogP contribution in [0, 0.1) is 17.0 Å². The van der Waals surface area contributed by atoms with Gasteiger partial charge in [-0.05, 0) is 39.7 Å². The number of nitro groups is 1. The van der Waals surface area contributed by atoms with Crippen molar-refractivity contribution < 1.29 is 9.66 Å². The smallest absolute Gasteiger partial charge is 0.406 e. The predicted octanol–water partition coefficient (Wildman–Crippen LogP) is 3.66. The van der Waals surface area contributed by atoms with Crippen LogP contribution in [0.25, 0.3) is 0 Å². The number of rotatable bonds is 4. The van der Waals surface area contributed by atoms with E-state index >= 15 is 0 Å². The molecule has 2 heterocycles. The maximum absolute atomic E-state index is 10.9. The molecule has 6 nitrogen and oxygen atoms in total. The van der Waals surface area contributed by atoms with E-state index in [2.05, 4.69) is 25.9 Å². The van der Waals surface area contributed by atoms with Gasteiger partial charge in [0.05, 0.1) is 4.47 Å². The van der Waals surface area contributed by atoms with Gasteiger partial charge < -0.3 is 14.9 Å². The first-order valence-electron chi connectivity index (χ1n) is 5.36. The van der Waals surface area contributed by atoms with E-state index in [9.17, 15) is 10.1 Å². The Morgan fingerprint density at radius 1 is 1.47 bits per heavy atom. The zero-order valence-corrected chi connectivity index (χ0v) is 12.6. The van der Waals surface area contributed by atoms with Crippen molar-refractivity contribution in [3.8, 4) is 5.75 Å². The first-order valence-corrected chi connectivity index (χ1v) is 6.97. The second-order valence-electron chi connectivity index (χ2n) is 3.80. The summed E-state index contributed by atoms with van der Waals surface area (Å²) < 4.78 is 6.22. The fourth-order valence-electron chi connectivity index (χ4n) is 1.44. The number of nitrogens with zero attached hydrogens (tertiary/aromatic N) is 3. The van der Waals surface area contributed by atoms with Gasteiger partial charge >= 0.3 is 5.82 Å². The van der Waals surface area contributed by atoms with Crippen LogP contribution in [0.2, 0.25) is 0 Å². The van der Waals surface area contributed by atoms with E-state index in [0.717, 1.165) is 9.88 Å². The van der Waals surface area contributed by atoms with Gasteiger partial charge in [-0.25, -0.2) is 4.98 Å². The molecule has 2 aromatic heterocycles. The molecule has 19 heavy (non-hydrogen) atoms. The van der Waals surface area contributed by atoms with Crippen molar-refractivity contribution in [2.75, 3.05) is 0 Å². The van der Waals surface area contributed by atoms with Crippen LogP contribution in [0.4, 0.5) is 5.82 Å². The van der Waals surface area contributed by atoms with Crippen LogP contribution >= 0.6 is 27.3 Å². The summed E-state index contributed by atoms with van der Waals surface area (Å²) in [5.74, 6) is -0.178. The maximum atomic E-state index is 10.9. The Hall–Kier alpha value is -1.54. The molecule has 2 rings (SSSR count). The van der Waals surface area contributed by atoms with E-state index in [1.807, 2.05) is 6.92 Å². The quantitative estimate of drug-likeness (QED) is 0.625. The first-order chi connectivity index (χ1) is 8.97. The summed E-state index contributed by atoms with van der Waals surface area (Å²) >= 11 is 4.71. The molecule has 0 bridgehead atoms. The third-order valence-corrected chi connectivity index (χ3v) is 3.77. The topological polar surface area (TPSA) is 78.2 Å². The van der Waals surface area contributed by atoms with Crippen LogP contribution in [0.15, 0.2) is 22.9 Å². The molecule has 0 aromatic carbocycles. The van der Waals surface area contributed by atoms with Crippen LogP contribution in [0.5, 0.6) is 5.75 Å². The lowest BCUT2D eigenvalue weighted by molar-refractivity contribution is -0.390. The van der Waals surface area contributed by atoms with Gasteiger partial charge in [-0.15, -0.1) is 11.3 Å². The van der Waals surface area contributed by atoms with Crippen LogP contribution < -0.4 is 4.74 Å². The van der Waals surface area contributed by atoms with Crippen LogP contribution in [-0.2, 0) is 0 Å². The van der Waals surface area contributed by atoms with Gasteiger partial charge in [-0.2, -0.15) is 0 Å². The summed E-state index contributed by atoms with van der Waals surface area (Å²) in [6.07, 6.45) is 2.74. The summed E-state index contributed by atoms with van der Waals surface area (Å²) in [6, 6.07) is 1.53. The highest BCUT2D eigenvalue weighted by molar-refractivity contribution is 9.10. The number of halogens is 1. The van der Waals surface area contributed by atoms with Gasteiger partial charge in [-0.1, -0.05) is 0 Å². The number of thiazole rings is 1. The second-order valence-corrected chi connectivity index (χ2v) is 5.98. The standard InChI is InChI=1S/C11H10BrN3O3S/c1-6-4-14-11(19-6)7(2)18-9-3-8(12)5-13-10(9)15(16)17/h3-5,7H,1-2H3. The fourth-order valence-corrected chi connectivity index (χ4v) is 2.50. The monoisotopic (exact) mass is 343 g/mol. The second kappa shape index (κ2) is 5.62. The molecule has 8 heteroatoms. The maximum Gasteiger partial charge on any atom is 0.406 e. The molecule has 0 aliphatic carbocycles. The SMILES string of the molecule is Cc1cnc(C(C)Oc2cc(Br)cnc2[N+](=O)[O-])s1. The number of ether oxygens (including phenoxy) is 1. The summed E-state index contributed by atoms with van der Waals surface area (Å²) in [6.45, 7) is 3.74. The van der Waals surface area contributed by atoms with Gasteiger partial charge in [0.2, 0.25) is 5.75 Å². The summed E-state index contributed by atoms with van der Waals surface area (Å²) in [5.41, 5.74) is 0. The van der Waals surface area contributed by atoms with E-state index in [1.165, 1.54) is 23.6 Å². The van der Waals surface area contributed by atoms with Crippen LogP contribution in [-0.4, -0.2) is 14.9 Å². The molecule has 100 valence electrons. The Bertz CT molecular complexity index is 617. The molecule has 1 atom stereocenters. The minimum Gasteiger partial charge on any atom is -0.475 e. The largest absolute Gasteiger partial charge is 0.475 e. The molecular formula is C11H10BrN3O3S. The van der Waals surface area contributed by atoms with Crippen molar-refractivity contribution >= 4 is 33.1 Å². The van der Waals surface area contributed by atoms with E-state index in [0.29, 0.717) is 4.47 Å². The normalized spacial score (nSPS) is 12.2. The highest BCUT2D eigenvalue weighted by Gasteiger charge is 2.21. The zero-order chi connectivity index (χ0) is 14.0. The Kier molecular flexibility index (Phi) is 4.11. The van der Waals surface area contributed by atoms with Crippen molar-refractivity contribution in [3.05, 3.63) is 42.9 Å². The minimum absolute atomic E-state index is 0.125. The average molecular weight is 344 g/mol. The van der Waals surface area contributed by atoms with Gasteiger partial charge in [-0.3, -0.25) is 0 Å². The summed E-state index contributed by atoms with van der Waals surface area (Å²) in [7, 11) is 0. The lowest BCUT2D eigenvalue weighted by atomic mass is 10.4. The lowest BCUT2D eigenvalue weighted by Crippen LogP contribution is -2.05. The van der Waals surface area contributed by atoms with Crippen molar-refractivity contribution in [3.63, 3.8) is 0 Å². The Morgan fingerprint density at radius 3 is 2.79 bits per heavy atom. The molecule has 0 aliphatic rings. The van der Waals surface area contributed by atoms with E-state index < -0.39 is 4.92 Å². The molecule has 0 amide bonds. The molecule has 0 aliphatic heterocycles. The van der Waals surface area contributed by atoms with Gasteiger partial charge in [0.15, 0.2) is 6.20 Å². The van der Waals surface area contributed by atoms with Gasteiger partial charge in [0.1, 0.15) is 11.1 Å². The third kappa shape index (κ3) is 3.27. The van der Waals surface area contributed by atoms with Crippen molar-refractivity contribution in [2.24, 2.45) is 0 Å². The number of aryl methyl sites for hydroxylation is 1. The molecule has 0 saturated heterocycles. The summed E-state index contributed by atoms with van der Waals surface area (Å²) in [4.78, 5) is 19.3. The van der Waals surface area contributed by atoms with Crippen LogP contribution in [0.1, 0.15) is 22.9 Å². The average Bonchev–Trinajstić information content (AvgIpc) is 2.75. The Labute approximate surface area is 121 Å².